The van der Waals surface area contributed by atoms with Crippen LogP contribution < -0.4 is 16.2 Å². The van der Waals surface area contributed by atoms with Gasteiger partial charge in [0.25, 0.3) is 11.8 Å². The van der Waals surface area contributed by atoms with Crippen molar-refractivity contribution in [3.05, 3.63) is 65.7 Å². The third-order valence-corrected chi connectivity index (χ3v) is 4.38. The predicted molar refractivity (Wildman–Crippen MR) is 117 cm³/mol. The maximum atomic E-state index is 12.4. The predicted octanol–water partition coefficient (Wildman–Crippen LogP) is 2.76. The normalized spacial score (nSPS) is 13.1. The summed E-state index contributed by atoms with van der Waals surface area (Å²) in [6.45, 7) is 5.43. The molecule has 0 bridgehead atoms. The molecule has 1 unspecified atom stereocenters. The number of anilines is 1. The summed E-state index contributed by atoms with van der Waals surface area (Å²) in [6.07, 6.45) is 0. The van der Waals surface area contributed by atoms with E-state index >= 15 is 0 Å². The van der Waals surface area contributed by atoms with Crippen LogP contribution in [0.1, 0.15) is 41.5 Å². The van der Waals surface area contributed by atoms with Crippen LogP contribution in [-0.2, 0) is 4.79 Å². The van der Waals surface area contributed by atoms with Crippen LogP contribution in [0.5, 0.6) is 0 Å². The lowest BCUT2D eigenvalue weighted by Gasteiger charge is -2.21. The Morgan fingerprint density at radius 2 is 1.48 bits per heavy atom. The number of carbonyl (C=O) groups is 3. The molecule has 2 aromatic rings. The molecule has 152 valence electrons. The number of nitrogens with zero attached hydrogens (tertiary/aromatic N) is 1. The number of ketones is 1. The third kappa shape index (κ3) is 5.24. The van der Waals surface area contributed by atoms with Gasteiger partial charge in [-0.25, -0.2) is 5.43 Å². The Kier molecular flexibility index (Phi) is 7.99. The first-order valence-electron chi connectivity index (χ1n) is 9.33. The number of fused-ring (bicyclic) bond motifs is 1. The SMILES string of the molecule is CC.CC(C(=O)CNNC(=S)Nc1ccccc1)N1C(=O)c2ccccc2C1=O. The van der Waals surface area contributed by atoms with E-state index in [0.717, 1.165) is 10.6 Å². The van der Waals surface area contributed by atoms with Gasteiger partial charge in [0, 0.05) is 5.69 Å². The van der Waals surface area contributed by atoms with Gasteiger partial charge in [0.05, 0.1) is 23.7 Å². The molecule has 0 spiro atoms. The van der Waals surface area contributed by atoms with Gasteiger partial charge in [-0.3, -0.25) is 24.7 Å². The van der Waals surface area contributed by atoms with Crippen molar-refractivity contribution in [2.75, 3.05) is 11.9 Å². The zero-order valence-corrected chi connectivity index (χ0v) is 17.4. The number of carbonyl (C=O) groups excluding carboxylic acids is 3. The standard InChI is InChI=1S/C19H18N4O3S.C2H6/c1-12(23-17(25)14-9-5-6-10-15(14)18(23)26)16(24)11-20-22-19(27)21-13-7-3-2-4-8-13;1-2/h2-10,12,20H,11H2,1H3,(H2,21,22,27);1-2H3. The van der Waals surface area contributed by atoms with Gasteiger partial charge in [0.15, 0.2) is 10.9 Å². The molecule has 1 atom stereocenters. The number of hydrogen-bond donors (Lipinski definition) is 3. The van der Waals surface area contributed by atoms with Crippen molar-refractivity contribution >= 4 is 40.6 Å². The molecule has 0 radical (unpaired) electrons. The zero-order chi connectivity index (χ0) is 21.4. The highest BCUT2D eigenvalue weighted by atomic mass is 32.1. The molecule has 3 rings (SSSR count). The molecule has 0 aromatic heterocycles. The smallest absolute Gasteiger partial charge is 0.262 e. The molecule has 2 aromatic carbocycles. The van der Waals surface area contributed by atoms with Crippen molar-refractivity contribution in [2.45, 2.75) is 26.8 Å². The number of thiocarbonyl (C=S) groups is 1. The number of benzene rings is 2. The van der Waals surface area contributed by atoms with E-state index in [2.05, 4.69) is 16.2 Å². The Labute approximate surface area is 175 Å². The lowest BCUT2D eigenvalue weighted by Crippen LogP contribution is -2.49. The lowest BCUT2D eigenvalue weighted by atomic mass is 10.1. The van der Waals surface area contributed by atoms with E-state index in [9.17, 15) is 14.4 Å². The molecule has 1 aliphatic heterocycles. The third-order valence-electron chi connectivity index (χ3n) is 4.17. The Bertz CT molecular complexity index is 867. The Hall–Kier alpha value is -3.10. The van der Waals surface area contributed by atoms with Crippen LogP contribution in [0.2, 0.25) is 0 Å². The summed E-state index contributed by atoms with van der Waals surface area (Å²) in [4.78, 5) is 38.2. The fourth-order valence-electron chi connectivity index (χ4n) is 2.75. The van der Waals surface area contributed by atoms with Gasteiger partial charge >= 0.3 is 0 Å². The number of hydrazine groups is 1. The highest BCUT2D eigenvalue weighted by Gasteiger charge is 2.40. The first-order valence-corrected chi connectivity index (χ1v) is 9.74. The molecule has 0 saturated carbocycles. The number of Topliss-reactive ketones (excluding diaryl/α,β-unsaturated/α-hetero) is 1. The quantitative estimate of drug-likeness (QED) is 0.382. The summed E-state index contributed by atoms with van der Waals surface area (Å²) in [5, 5.41) is 3.25. The molecule has 7 nitrogen and oxygen atoms in total. The Morgan fingerprint density at radius 3 is 2.03 bits per heavy atom. The van der Waals surface area contributed by atoms with Gasteiger partial charge < -0.3 is 5.32 Å². The van der Waals surface area contributed by atoms with E-state index < -0.39 is 17.9 Å². The number of rotatable bonds is 6. The van der Waals surface area contributed by atoms with Crippen molar-refractivity contribution in [1.29, 1.82) is 0 Å². The molecular formula is C21H24N4O3S. The highest BCUT2D eigenvalue weighted by molar-refractivity contribution is 7.80. The van der Waals surface area contributed by atoms with Gasteiger partial charge in [-0.2, -0.15) is 0 Å². The van der Waals surface area contributed by atoms with Gasteiger partial charge in [-0.05, 0) is 43.4 Å². The average molecular weight is 413 g/mol. The minimum atomic E-state index is -0.887. The summed E-state index contributed by atoms with van der Waals surface area (Å²) in [6, 6.07) is 15.0. The number of para-hydroxylation sites is 1. The Morgan fingerprint density at radius 1 is 0.966 bits per heavy atom. The lowest BCUT2D eigenvalue weighted by molar-refractivity contribution is -0.121. The second-order valence-electron chi connectivity index (χ2n) is 5.97. The second kappa shape index (κ2) is 10.4. The maximum absolute atomic E-state index is 12.4. The fraction of sp³-hybridized carbons (Fsp3) is 0.238. The van der Waals surface area contributed by atoms with Gasteiger partial charge in [-0.15, -0.1) is 0 Å². The monoisotopic (exact) mass is 412 g/mol. The first kappa shape index (κ1) is 22.2. The van der Waals surface area contributed by atoms with Crippen LogP contribution in [0.15, 0.2) is 54.6 Å². The molecule has 0 fully saturated rings. The Balaban J connectivity index is 0.00000145. The summed E-state index contributed by atoms with van der Waals surface area (Å²) in [5.41, 5.74) is 6.87. The van der Waals surface area contributed by atoms with E-state index in [4.69, 9.17) is 12.2 Å². The fourth-order valence-corrected chi connectivity index (χ4v) is 2.94. The van der Waals surface area contributed by atoms with E-state index in [1.54, 1.807) is 24.3 Å². The number of amides is 2. The van der Waals surface area contributed by atoms with E-state index in [1.807, 2.05) is 44.2 Å². The van der Waals surface area contributed by atoms with Crippen LogP contribution in [0.3, 0.4) is 0 Å². The van der Waals surface area contributed by atoms with Gasteiger partial charge in [-0.1, -0.05) is 44.2 Å². The number of imide groups is 1. The van der Waals surface area contributed by atoms with Crippen molar-refractivity contribution in [3.63, 3.8) is 0 Å². The average Bonchev–Trinajstić information content (AvgIpc) is 3.00. The number of nitrogens with one attached hydrogen (secondary N) is 3. The van der Waals surface area contributed by atoms with E-state index in [0.29, 0.717) is 16.2 Å². The maximum Gasteiger partial charge on any atom is 0.262 e. The molecule has 1 heterocycles. The van der Waals surface area contributed by atoms with E-state index in [1.165, 1.54) is 6.92 Å². The second-order valence-corrected chi connectivity index (χ2v) is 6.38. The van der Waals surface area contributed by atoms with Crippen molar-refractivity contribution in [1.82, 2.24) is 15.8 Å². The van der Waals surface area contributed by atoms with Gasteiger partial charge in [0.1, 0.15) is 0 Å². The van der Waals surface area contributed by atoms with Crippen molar-refractivity contribution in [3.8, 4) is 0 Å². The highest BCUT2D eigenvalue weighted by Crippen LogP contribution is 2.24. The molecule has 29 heavy (non-hydrogen) atoms. The van der Waals surface area contributed by atoms with Crippen LogP contribution in [-0.4, -0.2) is 40.2 Å². The van der Waals surface area contributed by atoms with Crippen molar-refractivity contribution < 1.29 is 14.4 Å². The minimum absolute atomic E-state index is 0.106. The summed E-state index contributed by atoms with van der Waals surface area (Å²) >= 11 is 5.13. The van der Waals surface area contributed by atoms with E-state index in [-0.39, 0.29) is 12.3 Å². The van der Waals surface area contributed by atoms with Crippen LogP contribution in [0.25, 0.3) is 0 Å². The summed E-state index contributed by atoms with van der Waals surface area (Å²) < 4.78 is 0. The molecule has 0 saturated heterocycles. The summed E-state index contributed by atoms with van der Waals surface area (Å²) in [7, 11) is 0. The largest absolute Gasteiger partial charge is 0.332 e. The van der Waals surface area contributed by atoms with Crippen LogP contribution >= 0.6 is 12.2 Å². The minimum Gasteiger partial charge on any atom is -0.332 e. The first-order chi connectivity index (χ1) is 14.0. The van der Waals surface area contributed by atoms with Gasteiger partial charge in [0.2, 0.25) is 0 Å². The molecule has 0 aliphatic carbocycles. The number of hydrogen-bond acceptors (Lipinski definition) is 5. The van der Waals surface area contributed by atoms with Crippen molar-refractivity contribution in [2.24, 2.45) is 0 Å². The molecule has 3 N–H and O–H groups in total. The molecule has 8 heteroatoms. The zero-order valence-electron chi connectivity index (χ0n) is 16.6. The molecule has 1 aliphatic rings. The van der Waals surface area contributed by atoms with Crippen LogP contribution in [0, 0.1) is 0 Å². The summed E-state index contributed by atoms with van der Waals surface area (Å²) in [5.74, 6) is -1.23. The molecular weight excluding hydrogens is 388 g/mol. The molecule has 2 amide bonds. The topological polar surface area (TPSA) is 90.5 Å². The van der Waals surface area contributed by atoms with Crippen LogP contribution in [0.4, 0.5) is 5.69 Å².